The Bertz CT molecular complexity index is 279. The Kier molecular flexibility index (Phi) is 4.62. The smallest absolute Gasteiger partial charge is 0.224 e. The number of carbonyl (C=O) groups is 1. The molecular weight excluding hydrogens is 226 g/mol. The van der Waals surface area contributed by atoms with E-state index in [2.05, 4.69) is 29.5 Å². The van der Waals surface area contributed by atoms with Crippen molar-refractivity contribution in [3.8, 4) is 0 Å². The third-order valence-corrected chi connectivity index (χ3v) is 4.55. The second-order valence-corrected chi connectivity index (χ2v) is 6.38. The van der Waals surface area contributed by atoms with E-state index in [0.717, 1.165) is 45.6 Å². The van der Waals surface area contributed by atoms with Crippen LogP contribution in [-0.2, 0) is 4.79 Å². The first-order valence-electron chi connectivity index (χ1n) is 7.26. The Morgan fingerprint density at radius 1 is 1.44 bits per heavy atom. The molecule has 1 amide bonds. The van der Waals surface area contributed by atoms with Gasteiger partial charge >= 0.3 is 0 Å². The van der Waals surface area contributed by atoms with Crippen molar-refractivity contribution >= 4 is 5.91 Å². The standard InChI is InChI=1S/C14H27N3O/c1-14(5-8-17(2)9-6-14)11-16-13(18)12-4-3-7-15-10-12/h12,15H,3-11H2,1-2H3,(H,16,18). The van der Waals surface area contributed by atoms with Gasteiger partial charge in [0.05, 0.1) is 5.92 Å². The van der Waals surface area contributed by atoms with Crippen molar-refractivity contribution in [3.63, 3.8) is 0 Å². The fourth-order valence-electron chi connectivity index (χ4n) is 2.86. The van der Waals surface area contributed by atoms with Gasteiger partial charge < -0.3 is 15.5 Å². The normalized spacial score (nSPS) is 28.9. The number of carbonyl (C=O) groups excluding carboxylic acids is 1. The van der Waals surface area contributed by atoms with E-state index >= 15 is 0 Å². The zero-order chi connectivity index (χ0) is 13.0. The van der Waals surface area contributed by atoms with Crippen LogP contribution in [0.5, 0.6) is 0 Å². The third-order valence-electron chi connectivity index (χ3n) is 4.55. The number of amides is 1. The van der Waals surface area contributed by atoms with Gasteiger partial charge in [-0.2, -0.15) is 0 Å². The molecule has 0 bridgehead atoms. The fourth-order valence-corrected chi connectivity index (χ4v) is 2.86. The van der Waals surface area contributed by atoms with Gasteiger partial charge in [0.25, 0.3) is 0 Å². The van der Waals surface area contributed by atoms with Gasteiger partial charge in [-0.3, -0.25) is 4.79 Å². The highest BCUT2D eigenvalue weighted by Crippen LogP contribution is 2.29. The van der Waals surface area contributed by atoms with Crippen molar-refractivity contribution in [1.29, 1.82) is 0 Å². The lowest BCUT2D eigenvalue weighted by Gasteiger charge is -2.38. The van der Waals surface area contributed by atoms with Gasteiger partial charge in [-0.05, 0) is 57.8 Å². The summed E-state index contributed by atoms with van der Waals surface area (Å²) in [6.07, 6.45) is 4.54. The minimum Gasteiger partial charge on any atom is -0.355 e. The van der Waals surface area contributed by atoms with Gasteiger partial charge in [0.2, 0.25) is 5.91 Å². The quantitative estimate of drug-likeness (QED) is 0.783. The van der Waals surface area contributed by atoms with Gasteiger partial charge in [0.1, 0.15) is 0 Å². The molecule has 0 radical (unpaired) electrons. The molecule has 4 heteroatoms. The maximum atomic E-state index is 12.1. The summed E-state index contributed by atoms with van der Waals surface area (Å²) in [6.45, 7) is 7.36. The van der Waals surface area contributed by atoms with E-state index in [1.807, 2.05) is 0 Å². The monoisotopic (exact) mass is 253 g/mol. The molecule has 0 spiro atoms. The summed E-state index contributed by atoms with van der Waals surface area (Å²) in [5.41, 5.74) is 0.296. The van der Waals surface area contributed by atoms with E-state index < -0.39 is 0 Å². The predicted octanol–water partition coefficient (Wildman–Crippen LogP) is 0.834. The second kappa shape index (κ2) is 6.02. The molecule has 1 atom stereocenters. The number of likely N-dealkylation sites (tertiary alicyclic amines) is 1. The largest absolute Gasteiger partial charge is 0.355 e. The summed E-state index contributed by atoms with van der Waals surface area (Å²) in [6, 6.07) is 0. The lowest BCUT2D eigenvalue weighted by Crippen LogP contribution is -2.46. The number of nitrogens with one attached hydrogen (secondary N) is 2. The lowest BCUT2D eigenvalue weighted by molar-refractivity contribution is -0.126. The maximum Gasteiger partial charge on any atom is 0.224 e. The molecule has 2 rings (SSSR count). The van der Waals surface area contributed by atoms with E-state index in [1.54, 1.807) is 0 Å². The molecule has 18 heavy (non-hydrogen) atoms. The first kappa shape index (κ1) is 13.8. The molecule has 4 nitrogen and oxygen atoms in total. The summed E-state index contributed by atoms with van der Waals surface area (Å²) in [4.78, 5) is 14.5. The molecule has 2 heterocycles. The van der Waals surface area contributed by atoms with Gasteiger partial charge in [0, 0.05) is 13.1 Å². The van der Waals surface area contributed by atoms with Crippen LogP contribution in [0.25, 0.3) is 0 Å². The van der Waals surface area contributed by atoms with Crippen molar-refractivity contribution in [3.05, 3.63) is 0 Å². The Morgan fingerprint density at radius 2 is 2.17 bits per heavy atom. The Hall–Kier alpha value is -0.610. The van der Waals surface area contributed by atoms with Crippen LogP contribution in [-0.4, -0.2) is 50.6 Å². The van der Waals surface area contributed by atoms with Crippen LogP contribution in [0.2, 0.25) is 0 Å². The molecule has 1 unspecified atom stereocenters. The number of hydrogen-bond acceptors (Lipinski definition) is 3. The van der Waals surface area contributed by atoms with Crippen LogP contribution in [0, 0.1) is 11.3 Å². The zero-order valence-electron chi connectivity index (χ0n) is 11.8. The number of rotatable bonds is 3. The molecular formula is C14H27N3O. The van der Waals surface area contributed by atoms with Gasteiger partial charge in [-0.25, -0.2) is 0 Å². The van der Waals surface area contributed by atoms with E-state index in [1.165, 1.54) is 12.8 Å². The summed E-state index contributed by atoms with van der Waals surface area (Å²) in [7, 11) is 2.17. The SMILES string of the molecule is CN1CCC(C)(CNC(=O)C2CCCNC2)CC1. The van der Waals surface area contributed by atoms with Crippen molar-refractivity contribution in [2.45, 2.75) is 32.6 Å². The summed E-state index contributed by atoms with van der Waals surface area (Å²) < 4.78 is 0. The highest BCUT2D eigenvalue weighted by molar-refractivity contribution is 5.79. The third kappa shape index (κ3) is 3.69. The number of piperidine rings is 2. The first-order valence-corrected chi connectivity index (χ1v) is 7.26. The fraction of sp³-hybridized carbons (Fsp3) is 0.929. The Balaban J connectivity index is 1.74. The lowest BCUT2D eigenvalue weighted by atomic mass is 9.80. The van der Waals surface area contributed by atoms with E-state index in [9.17, 15) is 4.79 Å². The molecule has 2 aliphatic heterocycles. The van der Waals surface area contributed by atoms with Crippen molar-refractivity contribution in [2.24, 2.45) is 11.3 Å². The van der Waals surface area contributed by atoms with E-state index in [0.29, 0.717) is 5.41 Å². The average Bonchev–Trinajstić information content (AvgIpc) is 2.41. The average molecular weight is 253 g/mol. The maximum absolute atomic E-state index is 12.1. The van der Waals surface area contributed by atoms with Crippen LogP contribution in [0.4, 0.5) is 0 Å². The van der Waals surface area contributed by atoms with Crippen molar-refractivity contribution in [1.82, 2.24) is 15.5 Å². The number of hydrogen-bond donors (Lipinski definition) is 2. The van der Waals surface area contributed by atoms with Gasteiger partial charge in [-0.1, -0.05) is 6.92 Å². The van der Waals surface area contributed by atoms with Crippen LogP contribution >= 0.6 is 0 Å². The van der Waals surface area contributed by atoms with E-state index in [4.69, 9.17) is 0 Å². The number of nitrogens with zero attached hydrogens (tertiary/aromatic N) is 1. The van der Waals surface area contributed by atoms with Crippen molar-refractivity contribution in [2.75, 3.05) is 39.8 Å². The highest BCUT2D eigenvalue weighted by Gasteiger charge is 2.30. The molecule has 0 aromatic rings. The summed E-state index contributed by atoms with van der Waals surface area (Å²) in [5.74, 6) is 0.441. The second-order valence-electron chi connectivity index (χ2n) is 6.38. The van der Waals surface area contributed by atoms with Gasteiger partial charge in [0.15, 0.2) is 0 Å². The first-order chi connectivity index (χ1) is 8.59. The molecule has 2 fully saturated rings. The zero-order valence-corrected chi connectivity index (χ0v) is 11.8. The molecule has 0 aliphatic carbocycles. The predicted molar refractivity (Wildman–Crippen MR) is 73.4 cm³/mol. The molecule has 2 aliphatic rings. The molecule has 2 saturated heterocycles. The molecule has 0 saturated carbocycles. The molecule has 0 aromatic carbocycles. The summed E-state index contributed by atoms with van der Waals surface area (Å²) >= 11 is 0. The molecule has 0 aromatic heterocycles. The Morgan fingerprint density at radius 3 is 2.78 bits per heavy atom. The van der Waals surface area contributed by atoms with Gasteiger partial charge in [-0.15, -0.1) is 0 Å². The Labute approximate surface area is 110 Å². The summed E-state index contributed by atoms with van der Waals surface area (Å²) in [5, 5.41) is 6.48. The van der Waals surface area contributed by atoms with Crippen molar-refractivity contribution < 1.29 is 4.79 Å². The minimum atomic E-state index is 0.189. The molecule has 104 valence electrons. The van der Waals surface area contributed by atoms with Crippen LogP contribution in [0.15, 0.2) is 0 Å². The topological polar surface area (TPSA) is 44.4 Å². The molecule has 2 N–H and O–H groups in total. The van der Waals surface area contributed by atoms with Crippen LogP contribution < -0.4 is 10.6 Å². The van der Waals surface area contributed by atoms with E-state index in [-0.39, 0.29) is 11.8 Å². The van der Waals surface area contributed by atoms with Crippen LogP contribution in [0.3, 0.4) is 0 Å². The highest BCUT2D eigenvalue weighted by atomic mass is 16.1. The van der Waals surface area contributed by atoms with Crippen LogP contribution in [0.1, 0.15) is 32.6 Å². The minimum absolute atomic E-state index is 0.189.